The van der Waals surface area contributed by atoms with E-state index >= 15 is 0 Å². The first kappa shape index (κ1) is 34.7. The van der Waals surface area contributed by atoms with E-state index in [1.165, 1.54) is 68.8 Å². The molecule has 0 aliphatic carbocycles. The number of hydrogen-bond acceptors (Lipinski definition) is 5. The number of unbranched alkanes of at least 4 members (excludes halogenated alkanes) is 11. The number of benzene rings is 1. The molecular formula is C32H48Cl2N6O3. The van der Waals surface area contributed by atoms with E-state index in [4.69, 9.17) is 27.9 Å². The van der Waals surface area contributed by atoms with Crippen LogP contribution in [0.4, 0.5) is 10.5 Å². The maximum Gasteiger partial charge on any atom is 0.319 e. The largest absolute Gasteiger partial charge is 0.466 e. The lowest BCUT2D eigenvalue weighted by atomic mass is 9.92. The predicted octanol–water partition coefficient (Wildman–Crippen LogP) is 9.08. The van der Waals surface area contributed by atoms with Crippen molar-refractivity contribution >= 4 is 46.5 Å². The van der Waals surface area contributed by atoms with E-state index in [1.54, 1.807) is 18.2 Å². The Hall–Kier alpha value is -2.78. The van der Waals surface area contributed by atoms with Crippen LogP contribution in [-0.4, -0.2) is 45.0 Å². The fourth-order valence-corrected chi connectivity index (χ4v) is 5.55. The Morgan fingerprint density at radius 1 is 0.953 bits per heavy atom. The Bertz CT molecular complexity index is 1310. The van der Waals surface area contributed by atoms with Crippen molar-refractivity contribution in [3.05, 3.63) is 33.9 Å². The summed E-state index contributed by atoms with van der Waals surface area (Å²) in [7, 11) is 0. The molecule has 1 aromatic carbocycles. The number of aromatic amines is 1. The number of carbonyl (C=O) groups is 2. The van der Waals surface area contributed by atoms with E-state index in [0.29, 0.717) is 39.4 Å². The third-order valence-corrected chi connectivity index (χ3v) is 8.00. The number of anilines is 1. The van der Waals surface area contributed by atoms with Crippen LogP contribution >= 0.6 is 23.2 Å². The number of urea groups is 1. The minimum atomic E-state index is -0.438. The van der Waals surface area contributed by atoms with Crippen LogP contribution in [0.5, 0.6) is 0 Å². The van der Waals surface area contributed by atoms with Crippen molar-refractivity contribution in [1.29, 1.82) is 0 Å². The van der Waals surface area contributed by atoms with Crippen LogP contribution in [0.2, 0.25) is 10.0 Å². The van der Waals surface area contributed by atoms with Gasteiger partial charge >= 0.3 is 12.0 Å². The number of hydrogen-bond donors (Lipinski definition) is 3. The number of carbonyl (C=O) groups excluding carboxylic acids is 2. The molecule has 2 amide bonds. The first-order chi connectivity index (χ1) is 20.6. The van der Waals surface area contributed by atoms with Gasteiger partial charge in [-0.25, -0.2) is 9.78 Å². The topological polar surface area (TPSA) is 113 Å². The molecule has 0 radical (unpaired) electrons. The van der Waals surface area contributed by atoms with Crippen molar-refractivity contribution in [2.75, 3.05) is 18.5 Å². The highest BCUT2D eigenvalue weighted by Crippen LogP contribution is 2.33. The number of rotatable bonds is 18. The number of halogens is 2. The minimum Gasteiger partial charge on any atom is -0.466 e. The summed E-state index contributed by atoms with van der Waals surface area (Å²) < 4.78 is 6.84. The predicted molar refractivity (Wildman–Crippen MR) is 175 cm³/mol. The molecule has 238 valence electrons. The smallest absolute Gasteiger partial charge is 0.319 e. The van der Waals surface area contributed by atoms with E-state index in [-0.39, 0.29) is 24.3 Å². The Balaban J connectivity index is 1.29. The number of H-pyrrole nitrogens is 1. The molecule has 9 nitrogen and oxygen atoms in total. The van der Waals surface area contributed by atoms with Crippen LogP contribution in [-0.2, 0) is 14.9 Å². The fourth-order valence-electron chi connectivity index (χ4n) is 4.84. The second kappa shape index (κ2) is 17.5. The van der Waals surface area contributed by atoms with Crippen LogP contribution in [0.25, 0.3) is 17.0 Å². The van der Waals surface area contributed by atoms with Crippen molar-refractivity contribution in [2.45, 2.75) is 117 Å². The lowest BCUT2D eigenvalue weighted by Crippen LogP contribution is -2.30. The Kier molecular flexibility index (Phi) is 14.1. The number of fused-ring (bicyclic) bond motifs is 1. The van der Waals surface area contributed by atoms with Gasteiger partial charge in [-0.2, -0.15) is 4.63 Å². The standard InChI is InChI=1S/C32H48Cl2N6O3/c1-5-6-7-8-9-10-11-12-13-14-15-16-21-43-26(41)19-20-35-31(42)36-23-17-18-24(25(33)22-23)29-37-30-27(34)28(32(2,3)4)38-40(30)39-29/h17-18,22,38H,5-16,19-21H2,1-4H3,(H2,35,36,42). The molecule has 0 bridgehead atoms. The molecule has 0 unspecified atom stereocenters. The van der Waals surface area contributed by atoms with Crippen LogP contribution in [0.15, 0.2) is 18.2 Å². The molecule has 3 aromatic rings. The maximum atomic E-state index is 12.3. The number of ether oxygens (including phenoxy) is 1. The van der Waals surface area contributed by atoms with Gasteiger partial charge in [0.25, 0.3) is 0 Å². The van der Waals surface area contributed by atoms with Crippen molar-refractivity contribution in [3.8, 4) is 11.4 Å². The van der Waals surface area contributed by atoms with Gasteiger partial charge in [0.05, 0.1) is 23.7 Å². The quantitative estimate of drug-likeness (QED) is 0.0953. The summed E-state index contributed by atoms with van der Waals surface area (Å²) in [5.74, 6) is 0.103. The third-order valence-electron chi connectivity index (χ3n) is 7.33. The van der Waals surface area contributed by atoms with Gasteiger partial charge in [-0.15, -0.1) is 5.10 Å². The van der Waals surface area contributed by atoms with E-state index in [1.807, 2.05) is 0 Å². The minimum absolute atomic E-state index is 0.115. The van der Waals surface area contributed by atoms with Gasteiger partial charge in [-0.05, 0) is 24.6 Å². The molecule has 0 saturated heterocycles. The van der Waals surface area contributed by atoms with Crippen molar-refractivity contribution in [2.24, 2.45) is 0 Å². The molecule has 2 aromatic heterocycles. The zero-order chi connectivity index (χ0) is 31.2. The zero-order valence-corrected chi connectivity index (χ0v) is 27.7. The van der Waals surface area contributed by atoms with Crippen LogP contribution < -0.4 is 10.6 Å². The van der Waals surface area contributed by atoms with Gasteiger partial charge in [-0.1, -0.05) is 122 Å². The average Bonchev–Trinajstić information content (AvgIpc) is 3.50. The number of amides is 2. The lowest BCUT2D eigenvalue weighted by molar-refractivity contribution is -0.143. The number of aromatic nitrogens is 4. The summed E-state index contributed by atoms with van der Waals surface area (Å²) in [5, 5.41) is 14.0. The highest BCUT2D eigenvalue weighted by atomic mass is 35.5. The average molecular weight is 636 g/mol. The molecule has 0 aliphatic heterocycles. The molecule has 3 rings (SSSR count). The number of nitrogens with one attached hydrogen (secondary N) is 3. The van der Waals surface area contributed by atoms with E-state index in [2.05, 4.69) is 53.5 Å². The van der Waals surface area contributed by atoms with Crippen LogP contribution in [0.1, 0.15) is 117 Å². The molecule has 0 saturated carbocycles. The molecule has 43 heavy (non-hydrogen) atoms. The summed E-state index contributed by atoms with van der Waals surface area (Å²) in [6.45, 7) is 9.01. The van der Waals surface area contributed by atoms with Crippen LogP contribution in [0, 0.1) is 0 Å². The summed E-state index contributed by atoms with van der Waals surface area (Å²) in [4.78, 5) is 28.9. The van der Waals surface area contributed by atoms with Crippen molar-refractivity contribution in [1.82, 2.24) is 25.1 Å². The highest BCUT2D eigenvalue weighted by molar-refractivity contribution is 6.34. The molecule has 0 spiro atoms. The third kappa shape index (κ3) is 11.3. The fraction of sp³-hybridized carbons (Fsp3) is 0.625. The summed E-state index contributed by atoms with van der Waals surface area (Å²) in [5.41, 5.74) is 2.29. The molecule has 0 aliphatic rings. The SMILES string of the molecule is CCCCCCCCCCCCCCOC(=O)CCNC(=O)Nc1ccc(-c2nc3c(Cl)c(C(C)(C)C)[nH]n3n2)c(Cl)c1. The molecule has 0 fully saturated rings. The highest BCUT2D eigenvalue weighted by Gasteiger charge is 2.24. The Morgan fingerprint density at radius 2 is 1.58 bits per heavy atom. The van der Waals surface area contributed by atoms with E-state index < -0.39 is 6.03 Å². The lowest BCUT2D eigenvalue weighted by Gasteiger charge is -2.16. The first-order valence-electron chi connectivity index (χ1n) is 15.7. The Morgan fingerprint density at radius 3 is 2.16 bits per heavy atom. The molecule has 2 heterocycles. The second-order valence-corrected chi connectivity index (χ2v) is 12.9. The molecule has 0 atom stereocenters. The first-order valence-corrected chi connectivity index (χ1v) is 16.5. The number of esters is 1. The number of nitrogens with zero attached hydrogens (tertiary/aromatic N) is 3. The summed E-state index contributed by atoms with van der Waals surface area (Å²) in [6.07, 6.45) is 15.3. The van der Waals surface area contributed by atoms with Gasteiger partial charge in [0.1, 0.15) is 5.02 Å². The maximum absolute atomic E-state index is 12.3. The van der Waals surface area contributed by atoms with Gasteiger partial charge in [0.15, 0.2) is 11.5 Å². The summed E-state index contributed by atoms with van der Waals surface area (Å²) >= 11 is 13.0. The van der Waals surface area contributed by atoms with Gasteiger partial charge < -0.3 is 15.4 Å². The molecular weight excluding hydrogens is 587 g/mol. The van der Waals surface area contributed by atoms with Gasteiger partial charge in [0, 0.05) is 23.2 Å². The monoisotopic (exact) mass is 634 g/mol. The normalized spacial score (nSPS) is 11.7. The zero-order valence-electron chi connectivity index (χ0n) is 26.2. The summed E-state index contributed by atoms with van der Waals surface area (Å²) in [6, 6.07) is 4.63. The van der Waals surface area contributed by atoms with Gasteiger partial charge in [0.2, 0.25) is 0 Å². The van der Waals surface area contributed by atoms with Crippen molar-refractivity contribution < 1.29 is 14.3 Å². The van der Waals surface area contributed by atoms with Crippen LogP contribution in [0.3, 0.4) is 0 Å². The molecule has 3 N–H and O–H groups in total. The van der Waals surface area contributed by atoms with E-state index in [0.717, 1.165) is 18.5 Å². The van der Waals surface area contributed by atoms with E-state index in [9.17, 15) is 9.59 Å². The Labute approximate surface area is 265 Å². The second-order valence-electron chi connectivity index (χ2n) is 12.2. The van der Waals surface area contributed by atoms with Gasteiger partial charge in [-0.3, -0.25) is 9.89 Å². The van der Waals surface area contributed by atoms with Crippen molar-refractivity contribution in [3.63, 3.8) is 0 Å². The molecule has 11 heteroatoms.